The summed E-state index contributed by atoms with van der Waals surface area (Å²) in [7, 11) is 1.54. The van der Waals surface area contributed by atoms with Crippen molar-refractivity contribution < 1.29 is 17.9 Å². The monoisotopic (exact) mass is 264 g/mol. The van der Waals surface area contributed by atoms with Crippen LogP contribution in [-0.2, 0) is 10.9 Å². The van der Waals surface area contributed by atoms with E-state index in [-0.39, 0.29) is 18.5 Å². The maximum absolute atomic E-state index is 12.4. The molecule has 1 rings (SSSR count). The van der Waals surface area contributed by atoms with E-state index < -0.39 is 11.9 Å². The lowest BCUT2D eigenvalue weighted by atomic mass is 10.2. The predicted octanol–water partition coefficient (Wildman–Crippen LogP) is 1.27. The summed E-state index contributed by atoms with van der Waals surface area (Å²) in [4.78, 5) is 7.13. The molecule has 1 unspecified atom stereocenters. The van der Waals surface area contributed by atoms with Crippen LogP contribution in [0.1, 0.15) is 12.1 Å². The zero-order chi connectivity index (χ0) is 13.6. The largest absolute Gasteiger partial charge is 0.433 e. The topological polar surface area (TPSA) is 73.1 Å². The van der Waals surface area contributed by atoms with Gasteiger partial charge in [0.05, 0.1) is 0 Å². The number of alkyl halides is 3. The molecule has 0 aliphatic heterocycles. The van der Waals surface area contributed by atoms with E-state index >= 15 is 0 Å². The molecule has 5 nitrogen and oxygen atoms in total. The van der Waals surface area contributed by atoms with Crippen molar-refractivity contribution in [3.8, 4) is 0 Å². The van der Waals surface area contributed by atoms with Gasteiger partial charge in [0, 0.05) is 32.5 Å². The molecule has 0 aromatic carbocycles. The van der Waals surface area contributed by atoms with Gasteiger partial charge in [-0.15, -0.1) is 0 Å². The number of halogens is 3. The molecule has 0 radical (unpaired) electrons. The maximum atomic E-state index is 12.4. The summed E-state index contributed by atoms with van der Waals surface area (Å²) in [6.45, 7) is 0.705. The molecule has 0 aliphatic carbocycles. The van der Waals surface area contributed by atoms with Crippen molar-refractivity contribution in [1.29, 1.82) is 0 Å². The zero-order valence-corrected chi connectivity index (χ0v) is 9.87. The summed E-state index contributed by atoms with van der Waals surface area (Å²) in [5, 5.41) is 2.75. The van der Waals surface area contributed by atoms with Crippen LogP contribution >= 0.6 is 0 Å². The molecule has 0 saturated carbocycles. The summed E-state index contributed by atoms with van der Waals surface area (Å²) >= 11 is 0. The van der Waals surface area contributed by atoms with E-state index in [2.05, 4.69) is 15.3 Å². The minimum absolute atomic E-state index is 0.0867. The highest BCUT2D eigenvalue weighted by molar-refractivity contribution is 5.27. The number of hydrogen-bond acceptors (Lipinski definition) is 5. The molecule has 0 aliphatic rings. The summed E-state index contributed by atoms with van der Waals surface area (Å²) in [6, 6.07) is 0.589. The molecule has 18 heavy (non-hydrogen) atoms. The third-order valence-corrected chi connectivity index (χ3v) is 2.23. The van der Waals surface area contributed by atoms with Gasteiger partial charge in [-0.25, -0.2) is 9.97 Å². The molecular weight excluding hydrogens is 249 g/mol. The summed E-state index contributed by atoms with van der Waals surface area (Å²) in [6.07, 6.45) is -2.86. The molecule has 0 fully saturated rings. The molecule has 1 aromatic heterocycles. The number of rotatable bonds is 6. The van der Waals surface area contributed by atoms with Crippen molar-refractivity contribution in [3.05, 3.63) is 18.0 Å². The van der Waals surface area contributed by atoms with Gasteiger partial charge in [-0.2, -0.15) is 13.2 Å². The molecule has 0 amide bonds. The summed E-state index contributed by atoms with van der Waals surface area (Å²) in [5.41, 5.74) is 4.51. The van der Waals surface area contributed by atoms with Crippen LogP contribution in [0.5, 0.6) is 0 Å². The Hall–Kier alpha value is -1.41. The fraction of sp³-hybridized carbons (Fsp3) is 0.600. The Balaban J connectivity index is 2.71. The predicted molar refractivity (Wildman–Crippen MR) is 60.0 cm³/mol. The first kappa shape index (κ1) is 14.7. The van der Waals surface area contributed by atoms with Crippen molar-refractivity contribution in [2.24, 2.45) is 5.73 Å². The van der Waals surface area contributed by atoms with Gasteiger partial charge in [0.15, 0.2) is 0 Å². The fourth-order valence-electron chi connectivity index (χ4n) is 1.28. The number of nitrogens with one attached hydrogen (secondary N) is 1. The normalized spacial score (nSPS) is 13.4. The van der Waals surface area contributed by atoms with Crippen LogP contribution in [-0.4, -0.2) is 36.3 Å². The van der Waals surface area contributed by atoms with Gasteiger partial charge in [0.1, 0.15) is 5.69 Å². The molecular formula is C10H15F3N4O. The number of hydrogen-bond donors (Lipinski definition) is 2. The third kappa shape index (κ3) is 4.46. The van der Waals surface area contributed by atoms with Gasteiger partial charge >= 0.3 is 6.18 Å². The second-order valence-electron chi connectivity index (χ2n) is 3.62. The summed E-state index contributed by atoms with van der Waals surface area (Å²) < 4.78 is 42.2. The molecule has 1 atom stereocenters. The second-order valence-corrected chi connectivity index (χ2v) is 3.62. The van der Waals surface area contributed by atoms with Gasteiger partial charge in [-0.3, -0.25) is 0 Å². The van der Waals surface area contributed by atoms with Gasteiger partial charge in [-0.1, -0.05) is 0 Å². The van der Waals surface area contributed by atoms with Crippen LogP contribution in [0.2, 0.25) is 0 Å². The number of methoxy groups -OCH3 is 1. The molecule has 102 valence electrons. The first-order chi connectivity index (χ1) is 8.47. The Kier molecular flexibility index (Phi) is 5.29. The number of anilines is 1. The number of aromatic nitrogens is 2. The van der Waals surface area contributed by atoms with Crippen LogP contribution in [0.25, 0.3) is 0 Å². The fourth-order valence-corrected chi connectivity index (χ4v) is 1.28. The average molecular weight is 264 g/mol. The lowest BCUT2D eigenvalue weighted by Crippen LogP contribution is -2.31. The van der Waals surface area contributed by atoms with Gasteiger partial charge in [-0.05, 0) is 12.5 Å². The zero-order valence-electron chi connectivity index (χ0n) is 9.87. The van der Waals surface area contributed by atoms with E-state index in [1.807, 2.05) is 0 Å². The number of nitrogens with two attached hydrogens (primary N) is 1. The standard InChI is InChI=1S/C10H15F3N4O/c1-18-5-3-7(6-14)16-9-15-4-2-8(17-9)10(11,12)13/h2,4,7H,3,5-6,14H2,1H3,(H,15,16,17). The Labute approximate surface area is 103 Å². The first-order valence-corrected chi connectivity index (χ1v) is 5.33. The first-order valence-electron chi connectivity index (χ1n) is 5.33. The van der Waals surface area contributed by atoms with Crippen LogP contribution in [0.15, 0.2) is 12.3 Å². The number of ether oxygens (including phenoxy) is 1. The van der Waals surface area contributed by atoms with Gasteiger partial charge in [0.25, 0.3) is 0 Å². The highest BCUT2D eigenvalue weighted by Gasteiger charge is 2.32. The van der Waals surface area contributed by atoms with E-state index in [4.69, 9.17) is 10.5 Å². The highest BCUT2D eigenvalue weighted by Crippen LogP contribution is 2.27. The van der Waals surface area contributed by atoms with Gasteiger partial charge in [0.2, 0.25) is 5.95 Å². The molecule has 0 bridgehead atoms. The Morgan fingerprint density at radius 2 is 2.22 bits per heavy atom. The second kappa shape index (κ2) is 6.50. The van der Waals surface area contributed by atoms with Crippen molar-refractivity contribution in [3.63, 3.8) is 0 Å². The van der Waals surface area contributed by atoms with Crippen molar-refractivity contribution in [1.82, 2.24) is 9.97 Å². The Morgan fingerprint density at radius 3 is 2.78 bits per heavy atom. The lowest BCUT2D eigenvalue weighted by Gasteiger charge is -2.16. The Bertz CT molecular complexity index is 372. The highest BCUT2D eigenvalue weighted by atomic mass is 19.4. The summed E-state index contributed by atoms with van der Waals surface area (Å²) in [5.74, 6) is -0.0867. The maximum Gasteiger partial charge on any atom is 0.433 e. The molecule has 0 spiro atoms. The number of nitrogens with zero attached hydrogens (tertiary/aromatic N) is 2. The molecule has 1 aromatic rings. The van der Waals surface area contributed by atoms with E-state index in [1.165, 1.54) is 7.11 Å². The Morgan fingerprint density at radius 1 is 1.50 bits per heavy atom. The van der Waals surface area contributed by atoms with Crippen LogP contribution in [0.3, 0.4) is 0 Å². The molecule has 8 heteroatoms. The SMILES string of the molecule is COCCC(CN)Nc1nccc(C(F)(F)F)n1. The van der Waals surface area contributed by atoms with Crippen LogP contribution < -0.4 is 11.1 Å². The van der Waals surface area contributed by atoms with Crippen LogP contribution in [0, 0.1) is 0 Å². The van der Waals surface area contributed by atoms with E-state index in [1.54, 1.807) is 0 Å². The van der Waals surface area contributed by atoms with Gasteiger partial charge < -0.3 is 15.8 Å². The average Bonchev–Trinajstić information content (AvgIpc) is 2.33. The quantitative estimate of drug-likeness (QED) is 0.809. The van der Waals surface area contributed by atoms with Crippen molar-refractivity contribution in [2.75, 3.05) is 25.6 Å². The molecule has 3 N–H and O–H groups in total. The molecule has 1 heterocycles. The lowest BCUT2D eigenvalue weighted by molar-refractivity contribution is -0.141. The van der Waals surface area contributed by atoms with Crippen LogP contribution in [0.4, 0.5) is 19.1 Å². The third-order valence-electron chi connectivity index (χ3n) is 2.23. The minimum Gasteiger partial charge on any atom is -0.385 e. The van der Waals surface area contributed by atoms with E-state index in [0.717, 1.165) is 12.3 Å². The van der Waals surface area contributed by atoms with E-state index in [9.17, 15) is 13.2 Å². The van der Waals surface area contributed by atoms with E-state index in [0.29, 0.717) is 13.0 Å². The minimum atomic E-state index is -4.48. The smallest absolute Gasteiger partial charge is 0.385 e. The molecule has 0 saturated heterocycles. The van der Waals surface area contributed by atoms with Crippen molar-refractivity contribution in [2.45, 2.75) is 18.6 Å². The van der Waals surface area contributed by atoms with Crippen molar-refractivity contribution >= 4 is 5.95 Å².